The third-order valence-corrected chi connectivity index (χ3v) is 2.31. The topological polar surface area (TPSA) is 109 Å². The highest BCUT2D eigenvalue weighted by Gasteiger charge is 2.24. The first kappa shape index (κ1) is 15.3. The van der Waals surface area contributed by atoms with Gasteiger partial charge in [0.15, 0.2) is 0 Å². The van der Waals surface area contributed by atoms with Crippen LogP contribution >= 0.6 is 0 Å². The van der Waals surface area contributed by atoms with E-state index in [-0.39, 0.29) is 25.0 Å². The van der Waals surface area contributed by atoms with Crippen molar-refractivity contribution in [2.45, 2.75) is 33.1 Å². The minimum atomic E-state index is -1.21. The van der Waals surface area contributed by atoms with Crippen LogP contribution in [0.2, 0.25) is 0 Å². The van der Waals surface area contributed by atoms with E-state index in [9.17, 15) is 19.2 Å². The number of carbonyl (C=O) groups is 4. The highest BCUT2D eigenvalue weighted by Crippen LogP contribution is 2.14. The van der Waals surface area contributed by atoms with E-state index in [4.69, 9.17) is 10.2 Å². The number of carbonyl (C=O) groups excluding carboxylic acids is 2. The number of rotatable bonds is 8. The van der Waals surface area contributed by atoms with Gasteiger partial charge in [0.05, 0.1) is 11.8 Å². The molecule has 0 aromatic carbocycles. The summed E-state index contributed by atoms with van der Waals surface area (Å²) in [4.78, 5) is 43.5. The molecule has 17 heavy (non-hydrogen) atoms. The molecule has 0 aromatic rings. The van der Waals surface area contributed by atoms with Crippen LogP contribution in [-0.2, 0) is 19.2 Å². The molecular weight excluding hydrogens is 228 g/mol. The molecule has 0 bridgehead atoms. The Labute approximate surface area is 98.6 Å². The van der Waals surface area contributed by atoms with Crippen molar-refractivity contribution in [3.63, 3.8) is 0 Å². The van der Waals surface area contributed by atoms with Crippen LogP contribution in [0.25, 0.3) is 0 Å². The summed E-state index contributed by atoms with van der Waals surface area (Å²) in [5, 5.41) is 17.4. The number of Topliss-reactive ketones (excluding diaryl/α,β-unsaturated/α-hetero) is 2. The van der Waals surface area contributed by atoms with Crippen LogP contribution in [-0.4, -0.2) is 33.7 Å². The van der Waals surface area contributed by atoms with E-state index in [1.165, 1.54) is 13.8 Å². The molecule has 96 valence electrons. The molecule has 0 saturated carbocycles. The van der Waals surface area contributed by atoms with Crippen LogP contribution in [0.5, 0.6) is 0 Å². The van der Waals surface area contributed by atoms with Gasteiger partial charge in [0.2, 0.25) is 0 Å². The second kappa shape index (κ2) is 6.78. The Hall–Kier alpha value is -1.72. The number of carboxylic acids is 2. The van der Waals surface area contributed by atoms with Crippen molar-refractivity contribution in [2.24, 2.45) is 11.8 Å². The van der Waals surface area contributed by atoms with Gasteiger partial charge in [0.25, 0.3) is 0 Å². The van der Waals surface area contributed by atoms with Gasteiger partial charge in [-0.1, -0.05) is 6.92 Å². The SMILES string of the molecule is CC(=O)CC(CC(=O)CC(C)C(=O)O)C(=O)O. The van der Waals surface area contributed by atoms with Crippen LogP contribution in [0.3, 0.4) is 0 Å². The molecule has 0 heterocycles. The average Bonchev–Trinajstić information content (AvgIpc) is 2.15. The van der Waals surface area contributed by atoms with Gasteiger partial charge in [-0.05, 0) is 6.92 Å². The zero-order chi connectivity index (χ0) is 13.6. The highest BCUT2D eigenvalue weighted by atomic mass is 16.4. The molecule has 0 rings (SSSR count). The predicted molar refractivity (Wildman–Crippen MR) is 57.5 cm³/mol. The number of carboxylic acid groups (broad SMARTS) is 2. The lowest BCUT2D eigenvalue weighted by molar-refractivity contribution is -0.146. The quantitative estimate of drug-likeness (QED) is 0.651. The molecular formula is C11H16O6. The van der Waals surface area contributed by atoms with E-state index in [0.717, 1.165) is 0 Å². The number of hydrogen-bond donors (Lipinski definition) is 2. The molecule has 2 atom stereocenters. The number of hydrogen-bond acceptors (Lipinski definition) is 4. The molecule has 0 radical (unpaired) electrons. The molecule has 6 nitrogen and oxygen atoms in total. The maximum Gasteiger partial charge on any atom is 0.307 e. The second-order valence-corrected chi connectivity index (χ2v) is 4.13. The number of ketones is 2. The van der Waals surface area contributed by atoms with E-state index in [0.29, 0.717) is 0 Å². The van der Waals surface area contributed by atoms with E-state index in [1.54, 1.807) is 0 Å². The molecule has 2 unspecified atom stereocenters. The van der Waals surface area contributed by atoms with Gasteiger partial charge < -0.3 is 15.0 Å². The Balaban J connectivity index is 4.36. The first-order chi connectivity index (χ1) is 7.73. The zero-order valence-corrected chi connectivity index (χ0v) is 9.80. The summed E-state index contributed by atoms with van der Waals surface area (Å²) in [7, 11) is 0. The molecule has 0 amide bonds. The van der Waals surface area contributed by atoms with Crippen molar-refractivity contribution in [3.05, 3.63) is 0 Å². The van der Waals surface area contributed by atoms with Crippen LogP contribution in [0.4, 0.5) is 0 Å². The van der Waals surface area contributed by atoms with Crippen LogP contribution < -0.4 is 0 Å². The molecule has 0 saturated heterocycles. The molecule has 0 aliphatic heterocycles. The average molecular weight is 244 g/mol. The van der Waals surface area contributed by atoms with Gasteiger partial charge >= 0.3 is 11.9 Å². The normalized spacial score (nSPS) is 13.8. The van der Waals surface area contributed by atoms with E-state index in [1.807, 2.05) is 0 Å². The van der Waals surface area contributed by atoms with Crippen molar-refractivity contribution in [2.75, 3.05) is 0 Å². The van der Waals surface area contributed by atoms with Gasteiger partial charge in [-0.3, -0.25) is 14.4 Å². The summed E-state index contributed by atoms with van der Waals surface area (Å²) in [6.07, 6.45) is -0.716. The third-order valence-electron chi connectivity index (χ3n) is 2.31. The van der Waals surface area contributed by atoms with Crippen LogP contribution in [0, 0.1) is 11.8 Å². The van der Waals surface area contributed by atoms with Crippen LogP contribution in [0.1, 0.15) is 33.1 Å². The summed E-state index contributed by atoms with van der Waals surface area (Å²) in [6, 6.07) is 0. The minimum absolute atomic E-state index is 0.206. The molecule has 6 heteroatoms. The lowest BCUT2D eigenvalue weighted by Crippen LogP contribution is -2.22. The zero-order valence-electron chi connectivity index (χ0n) is 9.80. The fourth-order valence-electron chi connectivity index (χ4n) is 1.38. The molecule has 2 N–H and O–H groups in total. The van der Waals surface area contributed by atoms with Gasteiger partial charge in [0, 0.05) is 19.3 Å². The van der Waals surface area contributed by atoms with E-state index in [2.05, 4.69) is 0 Å². The lowest BCUT2D eigenvalue weighted by atomic mass is 9.93. The Morgan fingerprint density at radius 2 is 1.47 bits per heavy atom. The first-order valence-electron chi connectivity index (χ1n) is 5.20. The summed E-state index contributed by atoms with van der Waals surface area (Å²) >= 11 is 0. The summed E-state index contributed by atoms with van der Waals surface area (Å²) in [6.45, 7) is 2.63. The second-order valence-electron chi connectivity index (χ2n) is 4.13. The fraction of sp³-hybridized carbons (Fsp3) is 0.636. The maximum atomic E-state index is 11.4. The van der Waals surface area contributed by atoms with Crippen molar-refractivity contribution >= 4 is 23.5 Å². The maximum absolute atomic E-state index is 11.4. The third kappa shape index (κ3) is 6.44. The molecule has 0 aliphatic rings. The first-order valence-corrected chi connectivity index (χ1v) is 5.20. The predicted octanol–water partition coefficient (Wildman–Crippen LogP) is 0.736. The molecule has 0 spiro atoms. The van der Waals surface area contributed by atoms with Crippen molar-refractivity contribution in [3.8, 4) is 0 Å². The molecule has 0 aromatic heterocycles. The molecule has 0 aliphatic carbocycles. The summed E-state index contributed by atoms with van der Waals surface area (Å²) < 4.78 is 0. The monoisotopic (exact) mass is 244 g/mol. The van der Waals surface area contributed by atoms with Gasteiger partial charge in [-0.25, -0.2) is 0 Å². The molecule has 0 fully saturated rings. The van der Waals surface area contributed by atoms with Crippen LogP contribution in [0.15, 0.2) is 0 Å². The summed E-state index contributed by atoms with van der Waals surface area (Å²) in [5.74, 6) is -4.96. The lowest BCUT2D eigenvalue weighted by Gasteiger charge is -2.10. The Kier molecular flexibility index (Phi) is 6.09. The van der Waals surface area contributed by atoms with Gasteiger partial charge in [0.1, 0.15) is 11.6 Å². The highest BCUT2D eigenvalue weighted by molar-refractivity contribution is 5.89. The Morgan fingerprint density at radius 3 is 1.82 bits per heavy atom. The van der Waals surface area contributed by atoms with Gasteiger partial charge in [-0.15, -0.1) is 0 Å². The van der Waals surface area contributed by atoms with Crippen molar-refractivity contribution in [1.82, 2.24) is 0 Å². The van der Waals surface area contributed by atoms with E-state index < -0.39 is 29.6 Å². The van der Waals surface area contributed by atoms with Crippen molar-refractivity contribution < 1.29 is 29.4 Å². The van der Waals surface area contributed by atoms with Gasteiger partial charge in [-0.2, -0.15) is 0 Å². The minimum Gasteiger partial charge on any atom is -0.481 e. The van der Waals surface area contributed by atoms with E-state index >= 15 is 0 Å². The fourth-order valence-corrected chi connectivity index (χ4v) is 1.38. The van der Waals surface area contributed by atoms with Crippen molar-refractivity contribution in [1.29, 1.82) is 0 Å². The Morgan fingerprint density at radius 1 is 0.941 bits per heavy atom. The smallest absolute Gasteiger partial charge is 0.307 e. The number of aliphatic carboxylic acids is 2. The standard InChI is InChI=1S/C11H16O6/c1-6(10(14)15)3-9(13)5-8(11(16)17)4-7(2)12/h6,8H,3-5H2,1-2H3,(H,14,15)(H,16,17). The summed E-state index contributed by atoms with van der Waals surface area (Å²) in [5.41, 5.74) is 0. The largest absolute Gasteiger partial charge is 0.481 e. The Bertz CT molecular complexity index is 333.